The van der Waals surface area contributed by atoms with Gasteiger partial charge in [-0.15, -0.1) is 0 Å². The predicted octanol–water partition coefficient (Wildman–Crippen LogP) is 4.78. The molecule has 6 nitrogen and oxygen atoms in total. The standard InChI is InChI=1S/C27H33N3O3/c1-19-9-6-7-13-21(19)28-26(32)27(2)18-29-22-14-16-33-24(22)17-23(29)25(31)30(27)15-8-12-20-10-4-3-5-11-20/h3-5,10-11,14,16-17,19,21H,6-9,12-13,15,18H2,1-2H3,(H,28,32)/t19-,21+,27-/m1/s1. The molecule has 2 aromatic heterocycles. The fourth-order valence-corrected chi connectivity index (χ4v) is 5.56. The van der Waals surface area contributed by atoms with Gasteiger partial charge in [-0.05, 0) is 44.1 Å². The molecule has 1 aliphatic carbocycles. The summed E-state index contributed by atoms with van der Waals surface area (Å²) in [6.45, 7) is 5.10. The lowest BCUT2D eigenvalue weighted by Crippen LogP contribution is -2.65. The summed E-state index contributed by atoms with van der Waals surface area (Å²) in [6, 6.07) is 14.1. The third-order valence-electron chi connectivity index (χ3n) is 7.66. The molecule has 2 amide bonds. The fraction of sp³-hybridized carbons (Fsp3) is 0.481. The molecule has 0 radical (unpaired) electrons. The largest absolute Gasteiger partial charge is 0.463 e. The molecule has 0 saturated heterocycles. The number of aryl methyl sites for hydroxylation is 1. The maximum atomic E-state index is 13.8. The van der Waals surface area contributed by atoms with E-state index >= 15 is 0 Å². The van der Waals surface area contributed by atoms with Crippen molar-refractivity contribution in [1.29, 1.82) is 0 Å². The van der Waals surface area contributed by atoms with Crippen molar-refractivity contribution in [3.05, 3.63) is 60.0 Å². The molecule has 1 saturated carbocycles. The average Bonchev–Trinajstić information content (AvgIpc) is 3.41. The van der Waals surface area contributed by atoms with Crippen molar-refractivity contribution in [2.75, 3.05) is 6.54 Å². The lowest BCUT2D eigenvalue weighted by atomic mass is 9.85. The van der Waals surface area contributed by atoms with E-state index in [0.29, 0.717) is 30.3 Å². The molecule has 1 aliphatic heterocycles. The number of nitrogens with zero attached hydrogens (tertiary/aromatic N) is 2. The van der Waals surface area contributed by atoms with Crippen LogP contribution in [0.2, 0.25) is 0 Å². The number of hydrogen-bond acceptors (Lipinski definition) is 3. The number of furan rings is 1. The minimum atomic E-state index is -0.957. The van der Waals surface area contributed by atoms with Gasteiger partial charge in [-0.1, -0.05) is 50.1 Å². The first kappa shape index (κ1) is 21.8. The summed E-state index contributed by atoms with van der Waals surface area (Å²) in [7, 11) is 0. The van der Waals surface area contributed by atoms with E-state index in [0.717, 1.165) is 37.6 Å². The highest BCUT2D eigenvalue weighted by molar-refractivity contribution is 6.02. The zero-order valence-electron chi connectivity index (χ0n) is 19.5. The van der Waals surface area contributed by atoms with E-state index in [1.807, 2.05) is 41.8 Å². The van der Waals surface area contributed by atoms with E-state index in [-0.39, 0.29) is 17.9 Å². The van der Waals surface area contributed by atoms with Crippen LogP contribution in [0.5, 0.6) is 0 Å². The molecule has 1 aromatic carbocycles. The third-order valence-corrected chi connectivity index (χ3v) is 7.66. The summed E-state index contributed by atoms with van der Waals surface area (Å²) in [5.74, 6) is 0.306. The molecule has 1 N–H and O–H groups in total. The molecular formula is C27H33N3O3. The smallest absolute Gasteiger partial charge is 0.271 e. The van der Waals surface area contributed by atoms with Gasteiger partial charge in [0.05, 0.1) is 18.3 Å². The second-order valence-corrected chi connectivity index (χ2v) is 9.95. The first-order chi connectivity index (χ1) is 16.0. The van der Waals surface area contributed by atoms with Gasteiger partial charge in [0.1, 0.15) is 11.2 Å². The van der Waals surface area contributed by atoms with Crippen molar-refractivity contribution in [3.8, 4) is 0 Å². The van der Waals surface area contributed by atoms with Gasteiger partial charge < -0.3 is 19.2 Å². The van der Waals surface area contributed by atoms with Crippen LogP contribution in [-0.4, -0.2) is 39.4 Å². The van der Waals surface area contributed by atoms with Crippen molar-refractivity contribution in [3.63, 3.8) is 0 Å². The van der Waals surface area contributed by atoms with E-state index in [1.165, 1.54) is 12.0 Å². The van der Waals surface area contributed by atoms with E-state index in [2.05, 4.69) is 24.4 Å². The van der Waals surface area contributed by atoms with E-state index < -0.39 is 5.54 Å². The maximum absolute atomic E-state index is 13.8. The van der Waals surface area contributed by atoms with Crippen LogP contribution in [0.15, 0.2) is 53.1 Å². The van der Waals surface area contributed by atoms with Crippen LogP contribution in [0.25, 0.3) is 11.1 Å². The predicted molar refractivity (Wildman–Crippen MR) is 128 cm³/mol. The quantitative estimate of drug-likeness (QED) is 0.592. The van der Waals surface area contributed by atoms with Gasteiger partial charge in [-0.3, -0.25) is 9.59 Å². The molecule has 33 heavy (non-hydrogen) atoms. The van der Waals surface area contributed by atoms with Gasteiger partial charge in [-0.2, -0.15) is 0 Å². The molecule has 3 heterocycles. The molecule has 3 atom stereocenters. The third kappa shape index (κ3) is 3.96. The second kappa shape index (κ2) is 8.73. The number of amides is 2. The fourth-order valence-electron chi connectivity index (χ4n) is 5.56. The first-order valence-corrected chi connectivity index (χ1v) is 12.2. The van der Waals surface area contributed by atoms with E-state index in [4.69, 9.17) is 4.42 Å². The second-order valence-electron chi connectivity index (χ2n) is 9.95. The molecule has 0 spiro atoms. The Labute approximate surface area is 194 Å². The SMILES string of the molecule is C[C@@H]1CCCC[C@@H]1NC(=O)[C@@]1(C)Cn2c(cc3occc32)C(=O)N1CCCc1ccccc1. The Morgan fingerprint density at radius 3 is 2.76 bits per heavy atom. The van der Waals surface area contributed by atoms with Crippen LogP contribution in [0.3, 0.4) is 0 Å². The number of carbonyl (C=O) groups excluding carboxylic acids is 2. The monoisotopic (exact) mass is 447 g/mol. The number of aromatic nitrogens is 1. The van der Waals surface area contributed by atoms with Crippen molar-refractivity contribution in [2.24, 2.45) is 5.92 Å². The highest BCUT2D eigenvalue weighted by Gasteiger charge is 2.48. The number of benzene rings is 1. The Balaban J connectivity index is 1.43. The first-order valence-electron chi connectivity index (χ1n) is 12.2. The van der Waals surface area contributed by atoms with Crippen LogP contribution in [-0.2, 0) is 17.8 Å². The van der Waals surface area contributed by atoms with Crippen molar-refractivity contribution in [2.45, 2.75) is 70.5 Å². The van der Waals surface area contributed by atoms with Gasteiger partial charge in [0.15, 0.2) is 5.58 Å². The molecule has 3 aromatic rings. The number of carbonyl (C=O) groups is 2. The molecule has 6 heteroatoms. The number of hydrogen-bond donors (Lipinski definition) is 1. The Hall–Kier alpha value is -3.02. The van der Waals surface area contributed by atoms with Crippen molar-refractivity contribution >= 4 is 22.9 Å². The Kier molecular flexibility index (Phi) is 5.77. The van der Waals surface area contributed by atoms with Gasteiger partial charge >= 0.3 is 0 Å². The average molecular weight is 448 g/mol. The molecule has 2 aliphatic rings. The lowest BCUT2D eigenvalue weighted by Gasteiger charge is -2.45. The number of nitrogens with one attached hydrogen (secondary N) is 1. The molecule has 174 valence electrons. The van der Waals surface area contributed by atoms with Crippen molar-refractivity contribution < 1.29 is 14.0 Å². The summed E-state index contributed by atoms with van der Waals surface area (Å²) in [5.41, 5.74) is 2.44. The molecule has 5 rings (SSSR count). The number of rotatable bonds is 6. The van der Waals surface area contributed by atoms with Crippen LogP contribution in [0.1, 0.15) is 62.0 Å². The molecule has 0 bridgehead atoms. The summed E-state index contributed by atoms with van der Waals surface area (Å²) in [5, 5.41) is 3.33. The topological polar surface area (TPSA) is 67.5 Å². The lowest BCUT2D eigenvalue weighted by molar-refractivity contribution is -0.134. The zero-order chi connectivity index (χ0) is 23.0. The maximum Gasteiger partial charge on any atom is 0.271 e. The van der Waals surface area contributed by atoms with Crippen LogP contribution < -0.4 is 5.32 Å². The normalized spacial score (nSPS) is 25.3. The summed E-state index contributed by atoms with van der Waals surface area (Å²) in [4.78, 5) is 29.3. The zero-order valence-corrected chi connectivity index (χ0v) is 19.5. The summed E-state index contributed by atoms with van der Waals surface area (Å²) in [6.07, 6.45) is 7.81. The van der Waals surface area contributed by atoms with Gasteiger partial charge in [0.2, 0.25) is 5.91 Å². The Bertz CT molecular complexity index is 1150. The van der Waals surface area contributed by atoms with Crippen LogP contribution in [0.4, 0.5) is 0 Å². The van der Waals surface area contributed by atoms with Crippen LogP contribution >= 0.6 is 0 Å². The van der Waals surface area contributed by atoms with E-state index in [1.54, 1.807) is 11.2 Å². The van der Waals surface area contributed by atoms with E-state index in [9.17, 15) is 9.59 Å². The van der Waals surface area contributed by atoms with Gasteiger partial charge in [0.25, 0.3) is 5.91 Å². The number of fused-ring (bicyclic) bond motifs is 3. The van der Waals surface area contributed by atoms with Gasteiger partial charge in [0, 0.05) is 24.7 Å². The highest BCUT2D eigenvalue weighted by atomic mass is 16.3. The van der Waals surface area contributed by atoms with Crippen LogP contribution in [0, 0.1) is 5.92 Å². The minimum absolute atomic E-state index is 0.0506. The summed E-state index contributed by atoms with van der Waals surface area (Å²) < 4.78 is 7.52. The van der Waals surface area contributed by atoms with Gasteiger partial charge in [-0.25, -0.2) is 0 Å². The Morgan fingerprint density at radius 2 is 1.97 bits per heavy atom. The minimum Gasteiger partial charge on any atom is -0.463 e. The molecular weight excluding hydrogens is 414 g/mol. The molecule has 1 fully saturated rings. The van der Waals surface area contributed by atoms with Crippen molar-refractivity contribution in [1.82, 2.24) is 14.8 Å². The summed E-state index contributed by atoms with van der Waals surface area (Å²) >= 11 is 0. The Morgan fingerprint density at radius 1 is 1.18 bits per heavy atom. The molecule has 0 unspecified atom stereocenters. The highest BCUT2D eigenvalue weighted by Crippen LogP contribution is 2.34.